The van der Waals surface area contributed by atoms with Gasteiger partial charge >= 0.3 is 11.8 Å². The highest BCUT2D eigenvalue weighted by Gasteiger charge is 2.15. The Morgan fingerprint density at radius 3 is 1.91 bits per heavy atom. The molecule has 4 nitrogen and oxygen atoms in total. The average molecular weight is 362 g/mol. The van der Waals surface area contributed by atoms with E-state index in [1.165, 1.54) is 30.3 Å². The van der Waals surface area contributed by atoms with Crippen LogP contribution < -0.4 is 10.6 Å². The number of nitrogens with one attached hydrogen (secondary N) is 2. The van der Waals surface area contributed by atoms with Gasteiger partial charge in [0.05, 0.1) is 5.02 Å². The molecule has 2 rings (SSSR count). The molecule has 0 unspecified atom stereocenters. The molecular formula is C14H8Cl3FN2O2. The van der Waals surface area contributed by atoms with Crippen LogP contribution in [0.3, 0.4) is 0 Å². The summed E-state index contributed by atoms with van der Waals surface area (Å²) in [5.74, 6) is -2.50. The zero-order valence-electron chi connectivity index (χ0n) is 10.8. The van der Waals surface area contributed by atoms with Gasteiger partial charge in [-0.15, -0.1) is 0 Å². The van der Waals surface area contributed by atoms with Crippen LogP contribution in [0.25, 0.3) is 0 Å². The SMILES string of the molecule is O=C(Nc1cc(Cl)cc(Cl)c1)C(=O)Nc1ccc(F)c(Cl)c1. The molecule has 8 heteroatoms. The second-order valence-electron chi connectivity index (χ2n) is 4.20. The molecule has 2 N–H and O–H groups in total. The lowest BCUT2D eigenvalue weighted by molar-refractivity contribution is -0.132. The van der Waals surface area contributed by atoms with E-state index in [9.17, 15) is 14.0 Å². The van der Waals surface area contributed by atoms with Gasteiger partial charge in [-0.25, -0.2) is 4.39 Å². The summed E-state index contributed by atoms with van der Waals surface area (Å²) < 4.78 is 13.0. The monoisotopic (exact) mass is 360 g/mol. The second-order valence-corrected chi connectivity index (χ2v) is 5.48. The minimum absolute atomic E-state index is 0.167. The van der Waals surface area contributed by atoms with Crippen molar-refractivity contribution in [3.8, 4) is 0 Å². The first kappa shape index (κ1) is 16.5. The third-order valence-electron chi connectivity index (χ3n) is 2.50. The lowest BCUT2D eigenvalue weighted by atomic mass is 10.3. The number of benzene rings is 2. The fourth-order valence-electron chi connectivity index (χ4n) is 1.58. The van der Waals surface area contributed by atoms with E-state index >= 15 is 0 Å². The molecule has 0 aliphatic heterocycles. The van der Waals surface area contributed by atoms with E-state index in [-0.39, 0.29) is 16.4 Å². The molecular weight excluding hydrogens is 354 g/mol. The zero-order valence-corrected chi connectivity index (χ0v) is 13.1. The summed E-state index contributed by atoms with van der Waals surface area (Å²) in [4.78, 5) is 23.5. The van der Waals surface area contributed by atoms with Gasteiger partial charge in [0.2, 0.25) is 0 Å². The lowest BCUT2D eigenvalue weighted by Gasteiger charge is -2.08. The molecule has 0 bridgehead atoms. The predicted octanol–water partition coefficient (Wildman–Crippen LogP) is 4.36. The van der Waals surface area contributed by atoms with Gasteiger partial charge < -0.3 is 10.6 Å². The maximum absolute atomic E-state index is 13.0. The van der Waals surface area contributed by atoms with Crippen molar-refractivity contribution in [1.29, 1.82) is 0 Å². The topological polar surface area (TPSA) is 58.2 Å². The number of hydrogen-bond acceptors (Lipinski definition) is 2. The van der Waals surface area contributed by atoms with E-state index in [1.807, 2.05) is 0 Å². The summed E-state index contributed by atoms with van der Waals surface area (Å²) in [5, 5.41) is 5.09. The molecule has 0 radical (unpaired) electrons. The van der Waals surface area contributed by atoms with Gasteiger partial charge in [-0.3, -0.25) is 9.59 Å². The van der Waals surface area contributed by atoms with E-state index in [2.05, 4.69) is 10.6 Å². The molecule has 0 spiro atoms. The summed E-state index contributed by atoms with van der Waals surface area (Å²) in [7, 11) is 0. The van der Waals surface area contributed by atoms with Crippen LogP contribution in [-0.2, 0) is 9.59 Å². The van der Waals surface area contributed by atoms with Gasteiger partial charge in [0.1, 0.15) is 5.82 Å². The maximum atomic E-state index is 13.0. The first-order valence-electron chi connectivity index (χ1n) is 5.88. The Hall–Kier alpha value is -1.82. The fourth-order valence-corrected chi connectivity index (χ4v) is 2.28. The number of carbonyl (C=O) groups is 2. The molecule has 0 heterocycles. The van der Waals surface area contributed by atoms with Crippen molar-refractivity contribution >= 4 is 58.0 Å². The Bertz CT molecular complexity index is 733. The Balaban J connectivity index is 2.05. The lowest BCUT2D eigenvalue weighted by Crippen LogP contribution is -2.29. The largest absolute Gasteiger partial charge is 0.318 e. The Morgan fingerprint density at radius 2 is 1.36 bits per heavy atom. The van der Waals surface area contributed by atoms with E-state index in [0.717, 1.165) is 6.07 Å². The summed E-state index contributed by atoms with van der Waals surface area (Å²) in [6.45, 7) is 0. The fraction of sp³-hybridized carbons (Fsp3) is 0. The van der Waals surface area contributed by atoms with Gasteiger partial charge in [-0.2, -0.15) is 0 Å². The van der Waals surface area contributed by atoms with Crippen molar-refractivity contribution in [1.82, 2.24) is 0 Å². The van der Waals surface area contributed by atoms with Gasteiger partial charge in [-0.1, -0.05) is 34.8 Å². The minimum Gasteiger partial charge on any atom is -0.318 e. The highest BCUT2D eigenvalue weighted by molar-refractivity contribution is 6.44. The highest BCUT2D eigenvalue weighted by atomic mass is 35.5. The molecule has 0 aliphatic rings. The summed E-state index contributed by atoms with van der Waals surface area (Å²) in [6.07, 6.45) is 0. The van der Waals surface area contributed by atoms with Crippen LogP contribution in [0.4, 0.5) is 15.8 Å². The molecule has 2 aromatic rings. The van der Waals surface area contributed by atoms with Crippen molar-refractivity contribution in [3.63, 3.8) is 0 Å². The van der Waals surface area contributed by atoms with Gasteiger partial charge in [0.15, 0.2) is 0 Å². The van der Waals surface area contributed by atoms with Crippen molar-refractivity contribution < 1.29 is 14.0 Å². The van der Waals surface area contributed by atoms with E-state index in [0.29, 0.717) is 10.0 Å². The van der Waals surface area contributed by atoms with Crippen LogP contribution in [0.1, 0.15) is 0 Å². The number of rotatable bonds is 2. The molecule has 0 aliphatic carbocycles. The Kier molecular flexibility index (Phi) is 5.24. The summed E-state index contributed by atoms with van der Waals surface area (Å²) in [5.41, 5.74) is 0.463. The minimum atomic E-state index is -0.946. The van der Waals surface area contributed by atoms with Crippen LogP contribution in [0.2, 0.25) is 15.1 Å². The van der Waals surface area contributed by atoms with Crippen LogP contribution in [0, 0.1) is 5.82 Å². The molecule has 2 aromatic carbocycles. The number of amides is 2. The molecule has 114 valence electrons. The number of halogens is 4. The molecule has 2 amide bonds. The van der Waals surface area contributed by atoms with E-state index < -0.39 is 17.6 Å². The van der Waals surface area contributed by atoms with Crippen LogP contribution in [0.15, 0.2) is 36.4 Å². The third kappa shape index (κ3) is 4.34. The standard InChI is InChI=1S/C14H8Cl3FN2O2/c15-7-3-8(16)5-10(4-7)20-14(22)13(21)19-9-1-2-12(18)11(17)6-9/h1-6H,(H,19,21)(H,20,22). The second kappa shape index (κ2) is 6.96. The Morgan fingerprint density at radius 1 is 0.818 bits per heavy atom. The molecule has 0 saturated heterocycles. The number of carbonyl (C=O) groups excluding carboxylic acids is 2. The molecule has 0 fully saturated rings. The van der Waals surface area contributed by atoms with Crippen molar-refractivity contribution in [2.45, 2.75) is 0 Å². The van der Waals surface area contributed by atoms with Crippen LogP contribution in [0.5, 0.6) is 0 Å². The van der Waals surface area contributed by atoms with Gasteiger partial charge in [0, 0.05) is 21.4 Å². The van der Waals surface area contributed by atoms with Crippen molar-refractivity contribution in [2.24, 2.45) is 0 Å². The summed E-state index contributed by atoms with van der Waals surface area (Å²) >= 11 is 17.2. The quantitative estimate of drug-likeness (QED) is 0.781. The average Bonchev–Trinajstić information content (AvgIpc) is 2.41. The molecule has 0 aromatic heterocycles. The van der Waals surface area contributed by atoms with E-state index in [1.54, 1.807) is 0 Å². The molecule has 0 saturated carbocycles. The third-order valence-corrected chi connectivity index (χ3v) is 3.23. The molecule has 22 heavy (non-hydrogen) atoms. The van der Waals surface area contributed by atoms with Crippen LogP contribution >= 0.6 is 34.8 Å². The van der Waals surface area contributed by atoms with Gasteiger partial charge in [0.25, 0.3) is 0 Å². The first-order valence-corrected chi connectivity index (χ1v) is 7.02. The zero-order chi connectivity index (χ0) is 16.3. The smallest absolute Gasteiger partial charge is 0.314 e. The van der Waals surface area contributed by atoms with Gasteiger partial charge in [-0.05, 0) is 36.4 Å². The van der Waals surface area contributed by atoms with Crippen molar-refractivity contribution in [2.75, 3.05) is 10.6 Å². The Labute approximate surface area is 140 Å². The maximum Gasteiger partial charge on any atom is 0.314 e. The normalized spacial score (nSPS) is 10.2. The predicted molar refractivity (Wildman–Crippen MR) is 85.1 cm³/mol. The van der Waals surface area contributed by atoms with Crippen molar-refractivity contribution in [3.05, 3.63) is 57.3 Å². The number of anilines is 2. The number of hydrogen-bond donors (Lipinski definition) is 2. The van der Waals surface area contributed by atoms with E-state index in [4.69, 9.17) is 34.8 Å². The molecule has 0 atom stereocenters. The summed E-state index contributed by atoms with van der Waals surface area (Å²) in [6, 6.07) is 7.91. The van der Waals surface area contributed by atoms with Crippen LogP contribution in [-0.4, -0.2) is 11.8 Å². The highest BCUT2D eigenvalue weighted by Crippen LogP contribution is 2.23. The first-order chi connectivity index (χ1) is 10.3.